The Kier molecular flexibility index (Phi) is 3.85. The molecule has 0 aromatic heterocycles. The maximum absolute atomic E-state index is 11.1. The van der Waals surface area contributed by atoms with Gasteiger partial charge in [-0.25, -0.2) is 4.79 Å². The van der Waals surface area contributed by atoms with Crippen molar-refractivity contribution in [1.82, 2.24) is 0 Å². The molecule has 2 aliphatic rings. The predicted octanol–water partition coefficient (Wildman–Crippen LogP) is 4.01. The molecule has 0 fully saturated rings. The molecule has 1 aliphatic carbocycles. The average molecular weight is 335 g/mol. The molecule has 1 aliphatic heterocycles. The standard InChI is InChI=1S/C21H21NO3/c1-12-5-6-15(11-23)18-16-3-2-4-17(16)20(22-19(12)18)13-7-9-14(10-8-13)21(24)25/h2-3,5-10,16-17,20,22-23H,4,11H2,1H3,(H,24,25). The lowest BCUT2D eigenvalue weighted by Gasteiger charge is -2.39. The van der Waals surface area contributed by atoms with E-state index in [1.165, 1.54) is 5.56 Å². The Labute approximate surface area is 146 Å². The third kappa shape index (κ3) is 2.53. The van der Waals surface area contributed by atoms with Gasteiger partial charge in [-0.15, -0.1) is 0 Å². The van der Waals surface area contributed by atoms with Gasteiger partial charge in [0.1, 0.15) is 0 Å². The molecule has 2 aromatic carbocycles. The first-order chi connectivity index (χ1) is 12.1. The molecule has 1 heterocycles. The van der Waals surface area contributed by atoms with Crippen LogP contribution in [0.2, 0.25) is 0 Å². The van der Waals surface area contributed by atoms with Crippen molar-refractivity contribution in [2.45, 2.75) is 31.9 Å². The molecule has 0 spiro atoms. The number of allylic oxidation sites excluding steroid dienone is 2. The number of anilines is 1. The molecule has 4 nitrogen and oxygen atoms in total. The van der Waals surface area contributed by atoms with Gasteiger partial charge in [-0.3, -0.25) is 0 Å². The van der Waals surface area contributed by atoms with Crippen molar-refractivity contribution < 1.29 is 15.0 Å². The highest BCUT2D eigenvalue weighted by molar-refractivity contribution is 5.87. The number of aliphatic hydroxyl groups is 1. The van der Waals surface area contributed by atoms with Crippen molar-refractivity contribution in [1.29, 1.82) is 0 Å². The van der Waals surface area contributed by atoms with Crippen LogP contribution in [0.3, 0.4) is 0 Å². The lowest BCUT2D eigenvalue weighted by atomic mass is 9.75. The summed E-state index contributed by atoms with van der Waals surface area (Å²) in [5.41, 5.74) is 5.86. The Bertz CT molecular complexity index is 854. The molecular weight excluding hydrogens is 314 g/mol. The molecule has 3 N–H and O–H groups in total. The Morgan fingerprint density at radius 1 is 1.20 bits per heavy atom. The Morgan fingerprint density at radius 2 is 1.96 bits per heavy atom. The summed E-state index contributed by atoms with van der Waals surface area (Å²) in [6.07, 6.45) is 5.44. The molecule has 2 aromatic rings. The maximum Gasteiger partial charge on any atom is 0.335 e. The van der Waals surface area contributed by atoms with Crippen LogP contribution < -0.4 is 5.32 Å². The summed E-state index contributed by atoms with van der Waals surface area (Å²) in [7, 11) is 0. The smallest absolute Gasteiger partial charge is 0.335 e. The number of benzene rings is 2. The van der Waals surface area contributed by atoms with Gasteiger partial charge in [-0.1, -0.05) is 36.4 Å². The van der Waals surface area contributed by atoms with Crippen LogP contribution >= 0.6 is 0 Å². The minimum absolute atomic E-state index is 0.0410. The fourth-order valence-corrected chi connectivity index (χ4v) is 4.23. The molecule has 0 bridgehead atoms. The second-order valence-corrected chi connectivity index (χ2v) is 6.89. The van der Waals surface area contributed by atoms with Gasteiger partial charge in [0.2, 0.25) is 0 Å². The number of rotatable bonds is 3. The zero-order valence-electron chi connectivity index (χ0n) is 14.1. The second kappa shape index (κ2) is 6.05. The number of aromatic carboxylic acids is 1. The van der Waals surface area contributed by atoms with Crippen LogP contribution in [0.5, 0.6) is 0 Å². The quantitative estimate of drug-likeness (QED) is 0.741. The molecule has 3 unspecified atom stereocenters. The number of hydrogen-bond acceptors (Lipinski definition) is 3. The minimum Gasteiger partial charge on any atom is -0.478 e. The monoisotopic (exact) mass is 335 g/mol. The highest BCUT2D eigenvalue weighted by atomic mass is 16.4. The molecule has 0 saturated heterocycles. The summed E-state index contributed by atoms with van der Waals surface area (Å²) in [5, 5.41) is 22.6. The van der Waals surface area contributed by atoms with E-state index >= 15 is 0 Å². The summed E-state index contributed by atoms with van der Waals surface area (Å²) >= 11 is 0. The van der Waals surface area contributed by atoms with Gasteiger partial charge < -0.3 is 15.5 Å². The summed E-state index contributed by atoms with van der Waals surface area (Å²) in [4.78, 5) is 11.1. The Morgan fingerprint density at radius 3 is 2.64 bits per heavy atom. The minimum atomic E-state index is -0.905. The molecular formula is C21H21NO3. The zero-order valence-corrected chi connectivity index (χ0v) is 14.1. The Balaban J connectivity index is 1.78. The average Bonchev–Trinajstić information content (AvgIpc) is 3.11. The largest absolute Gasteiger partial charge is 0.478 e. The first kappa shape index (κ1) is 15.9. The number of carboxylic acid groups (broad SMARTS) is 1. The van der Waals surface area contributed by atoms with Gasteiger partial charge in [0.05, 0.1) is 18.2 Å². The van der Waals surface area contributed by atoms with Crippen LogP contribution in [0, 0.1) is 12.8 Å². The van der Waals surface area contributed by atoms with Crippen LogP contribution in [-0.2, 0) is 6.61 Å². The van der Waals surface area contributed by atoms with Crippen molar-refractivity contribution in [3.05, 3.63) is 76.4 Å². The lowest BCUT2D eigenvalue weighted by molar-refractivity contribution is 0.0697. The molecule has 4 heteroatoms. The van der Waals surface area contributed by atoms with E-state index in [0.29, 0.717) is 11.5 Å². The predicted molar refractivity (Wildman–Crippen MR) is 96.9 cm³/mol. The fourth-order valence-electron chi connectivity index (χ4n) is 4.23. The van der Waals surface area contributed by atoms with Crippen molar-refractivity contribution in [3.8, 4) is 0 Å². The van der Waals surface area contributed by atoms with Gasteiger partial charge in [0, 0.05) is 11.6 Å². The van der Waals surface area contributed by atoms with E-state index in [0.717, 1.165) is 28.8 Å². The summed E-state index contributed by atoms with van der Waals surface area (Å²) in [6, 6.07) is 11.3. The van der Waals surface area contributed by atoms with E-state index in [4.69, 9.17) is 5.11 Å². The number of hydrogen-bond donors (Lipinski definition) is 3. The molecule has 3 atom stereocenters. The van der Waals surface area contributed by atoms with Crippen molar-refractivity contribution in [3.63, 3.8) is 0 Å². The van der Waals surface area contributed by atoms with Crippen LogP contribution in [0.15, 0.2) is 48.6 Å². The third-order valence-corrected chi connectivity index (χ3v) is 5.51. The van der Waals surface area contributed by atoms with Gasteiger partial charge in [0.25, 0.3) is 0 Å². The summed E-state index contributed by atoms with van der Waals surface area (Å²) < 4.78 is 0. The highest BCUT2D eigenvalue weighted by Gasteiger charge is 2.39. The second-order valence-electron chi connectivity index (χ2n) is 6.89. The maximum atomic E-state index is 11.1. The van der Waals surface area contributed by atoms with E-state index in [9.17, 15) is 9.90 Å². The first-order valence-corrected chi connectivity index (χ1v) is 8.60. The highest BCUT2D eigenvalue weighted by Crippen LogP contribution is 2.51. The van der Waals surface area contributed by atoms with Crippen LogP contribution in [-0.4, -0.2) is 16.2 Å². The van der Waals surface area contributed by atoms with Crippen LogP contribution in [0.4, 0.5) is 5.69 Å². The number of aryl methyl sites for hydroxylation is 1. The molecule has 0 amide bonds. The van der Waals surface area contributed by atoms with Crippen molar-refractivity contribution in [2.75, 3.05) is 5.32 Å². The van der Waals surface area contributed by atoms with E-state index in [1.54, 1.807) is 12.1 Å². The van der Waals surface area contributed by atoms with E-state index < -0.39 is 5.97 Å². The molecule has 4 rings (SSSR count). The third-order valence-electron chi connectivity index (χ3n) is 5.51. The normalized spacial score (nSPS) is 23.7. The van der Waals surface area contributed by atoms with Gasteiger partial charge in [-0.2, -0.15) is 0 Å². The SMILES string of the molecule is Cc1ccc(CO)c2c1NC(c1ccc(C(=O)O)cc1)C1CC=CC21. The molecule has 0 radical (unpaired) electrons. The fraction of sp³-hybridized carbons (Fsp3) is 0.286. The Hall–Kier alpha value is -2.59. The zero-order chi connectivity index (χ0) is 17.6. The first-order valence-electron chi connectivity index (χ1n) is 8.60. The van der Waals surface area contributed by atoms with Crippen molar-refractivity contribution >= 4 is 11.7 Å². The van der Waals surface area contributed by atoms with Crippen molar-refractivity contribution in [2.24, 2.45) is 5.92 Å². The number of fused-ring (bicyclic) bond motifs is 3. The number of carboxylic acids is 1. The molecule has 25 heavy (non-hydrogen) atoms. The number of aliphatic hydroxyl groups excluding tert-OH is 1. The van der Waals surface area contributed by atoms with Gasteiger partial charge in [-0.05, 0) is 53.6 Å². The van der Waals surface area contributed by atoms with Crippen LogP contribution in [0.1, 0.15) is 51.0 Å². The molecule has 128 valence electrons. The number of nitrogens with one attached hydrogen (secondary N) is 1. The number of carbonyl (C=O) groups is 1. The summed E-state index contributed by atoms with van der Waals surface area (Å²) in [5.74, 6) is -0.255. The lowest BCUT2D eigenvalue weighted by Crippen LogP contribution is -2.30. The van der Waals surface area contributed by atoms with Gasteiger partial charge >= 0.3 is 5.97 Å². The van der Waals surface area contributed by atoms with E-state index in [2.05, 4.69) is 24.4 Å². The van der Waals surface area contributed by atoms with E-state index in [1.807, 2.05) is 24.3 Å². The van der Waals surface area contributed by atoms with E-state index in [-0.39, 0.29) is 18.6 Å². The topological polar surface area (TPSA) is 69.6 Å². The van der Waals surface area contributed by atoms with Crippen LogP contribution in [0.25, 0.3) is 0 Å². The molecule has 0 saturated carbocycles. The van der Waals surface area contributed by atoms with Gasteiger partial charge in [0.15, 0.2) is 0 Å². The summed E-state index contributed by atoms with van der Waals surface area (Å²) in [6.45, 7) is 2.12.